The Morgan fingerprint density at radius 3 is 2.60 bits per heavy atom. The largest absolute Gasteiger partial charge is 0.366 e. The van der Waals surface area contributed by atoms with Crippen LogP contribution in [0.15, 0.2) is 6.07 Å². The molecule has 0 spiro atoms. The average Bonchev–Trinajstić information content (AvgIpc) is 2.62. The monoisotopic (exact) mass is 206 g/mol. The first-order chi connectivity index (χ1) is 7.18. The molecule has 0 radical (unpaired) electrons. The van der Waals surface area contributed by atoms with Crippen LogP contribution in [0.5, 0.6) is 0 Å². The van der Waals surface area contributed by atoms with Gasteiger partial charge in [-0.1, -0.05) is 19.3 Å². The summed E-state index contributed by atoms with van der Waals surface area (Å²) in [6.07, 6.45) is 6.42. The van der Waals surface area contributed by atoms with E-state index in [0.29, 0.717) is 11.5 Å². The van der Waals surface area contributed by atoms with Gasteiger partial charge in [0, 0.05) is 11.4 Å². The lowest BCUT2D eigenvalue weighted by Crippen LogP contribution is -2.11. The van der Waals surface area contributed by atoms with E-state index in [1.807, 2.05) is 13.0 Å². The molecule has 1 fully saturated rings. The lowest BCUT2D eigenvalue weighted by molar-refractivity contribution is 0.1000. The molecular formula is C12H18N2O. The summed E-state index contributed by atoms with van der Waals surface area (Å²) in [6.45, 7) is 1.91. The van der Waals surface area contributed by atoms with Crippen LogP contribution < -0.4 is 5.73 Å². The number of carbonyl (C=O) groups is 1. The lowest BCUT2D eigenvalue weighted by Gasteiger charge is -2.20. The molecule has 0 atom stereocenters. The third-order valence-corrected chi connectivity index (χ3v) is 3.35. The first kappa shape index (κ1) is 10.3. The number of amides is 1. The van der Waals surface area contributed by atoms with Crippen LogP contribution in [-0.2, 0) is 0 Å². The third-order valence-electron chi connectivity index (χ3n) is 3.35. The molecule has 2 rings (SSSR count). The van der Waals surface area contributed by atoms with E-state index >= 15 is 0 Å². The average molecular weight is 206 g/mol. The number of nitrogens with one attached hydrogen (secondary N) is 1. The molecule has 0 aliphatic heterocycles. The predicted octanol–water partition coefficient (Wildman–Crippen LogP) is 2.47. The Balaban J connectivity index is 2.21. The molecule has 1 heterocycles. The number of aromatic amines is 1. The highest BCUT2D eigenvalue weighted by atomic mass is 16.1. The van der Waals surface area contributed by atoms with E-state index in [9.17, 15) is 4.79 Å². The number of H-pyrrole nitrogens is 1. The molecule has 1 aliphatic carbocycles. The molecule has 3 nitrogen and oxygen atoms in total. The number of carbonyl (C=O) groups excluding carboxylic acids is 1. The van der Waals surface area contributed by atoms with Crippen LogP contribution in [0.3, 0.4) is 0 Å². The van der Waals surface area contributed by atoms with Gasteiger partial charge in [0.15, 0.2) is 0 Å². The predicted molar refractivity (Wildman–Crippen MR) is 59.9 cm³/mol. The Morgan fingerprint density at radius 2 is 2.07 bits per heavy atom. The van der Waals surface area contributed by atoms with E-state index < -0.39 is 0 Å². The summed E-state index contributed by atoms with van der Waals surface area (Å²) in [7, 11) is 0. The molecule has 82 valence electrons. The van der Waals surface area contributed by atoms with Gasteiger partial charge in [-0.25, -0.2) is 0 Å². The minimum atomic E-state index is -0.328. The smallest absolute Gasteiger partial charge is 0.250 e. The highest BCUT2D eigenvalue weighted by Crippen LogP contribution is 2.32. The third kappa shape index (κ3) is 2.06. The topological polar surface area (TPSA) is 58.9 Å². The van der Waals surface area contributed by atoms with Crippen LogP contribution in [0.1, 0.15) is 59.8 Å². The van der Waals surface area contributed by atoms with Gasteiger partial charge in [-0.3, -0.25) is 4.79 Å². The van der Waals surface area contributed by atoms with E-state index in [-0.39, 0.29) is 5.91 Å². The molecule has 3 heteroatoms. The molecule has 1 aromatic rings. The normalized spacial score (nSPS) is 17.9. The van der Waals surface area contributed by atoms with Crippen LogP contribution in [-0.4, -0.2) is 10.9 Å². The molecule has 15 heavy (non-hydrogen) atoms. The highest BCUT2D eigenvalue weighted by Gasteiger charge is 2.19. The molecule has 0 bridgehead atoms. The van der Waals surface area contributed by atoms with Gasteiger partial charge >= 0.3 is 0 Å². The summed E-state index contributed by atoms with van der Waals surface area (Å²) >= 11 is 0. The number of rotatable bonds is 2. The summed E-state index contributed by atoms with van der Waals surface area (Å²) in [6, 6.07) is 1.94. The molecule has 0 unspecified atom stereocenters. The minimum absolute atomic E-state index is 0.328. The zero-order valence-electron chi connectivity index (χ0n) is 9.18. The Kier molecular flexibility index (Phi) is 2.80. The lowest BCUT2D eigenvalue weighted by atomic mass is 9.87. The fourth-order valence-corrected chi connectivity index (χ4v) is 2.47. The van der Waals surface area contributed by atoms with Crippen molar-refractivity contribution in [2.75, 3.05) is 0 Å². The molecule has 1 aromatic heterocycles. The zero-order chi connectivity index (χ0) is 10.8. The summed E-state index contributed by atoms with van der Waals surface area (Å²) in [4.78, 5) is 14.4. The second-order valence-electron chi connectivity index (χ2n) is 4.46. The quantitative estimate of drug-likeness (QED) is 0.767. The number of hydrogen-bond acceptors (Lipinski definition) is 1. The molecule has 1 saturated carbocycles. The Bertz CT molecular complexity index is 362. The van der Waals surface area contributed by atoms with Gasteiger partial charge in [-0.15, -0.1) is 0 Å². The van der Waals surface area contributed by atoms with Gasteiger partial charge in [-0.2, -0.15) is 0 Å². The van der Waals surface area contributed by atoms with Gasteiger partial charge in [0.05, 0.1) is 5.56 Å². The van der Waals surface area contributed by atoms with Crippen molar-refractivity contribution in [2.24, 2.45) is 5.73 Å². The summed E-state index contributed by atoms with van der Waals surface area (Å²) in [5.41, 5.74) is 8.05. The first-order valence-corrected chi connectivity index (χ1v) is 5.68. The second-order valence-corrected chi connectivity index (χ2v) is 4.46. The molecule has 3 N–H and O–H groups in total. The second kappa shape index (κ2) is 4.09. The summed E-state index contributed by atoms with van der Waals surface area (Å²) in [5.74, 6) is 0.274. The maximum atomic E-state index is 11.1. The molecular weight excluding hydrogens is 188 g/mol. The van der Waals surface area contributed by atoms with Crippen LogP contribution in [0.25, 0.3) is 0 Å². The number of aromatic nitrogens is 1. The zero-order valence-corrected chi connectivity index (χ0v) is 9.18. The number of primary amides is 1. The molecule has 0 saturated heterocycles. The van der Waals surface area contributed by atoms with Crippen molar-refractivity contribution in [1.82, 2.24) is 4.98 Å². The van der Waals surface area contributed by atoms with Gasteiger partial charge in [0.1, 0.15) is 0 Å². The van der Waals surface area contributed by atoms with E-state index in [4.69, 9.17) is 5.73 Å². The van der Waals surface area contributed by atoms with Crippen molar-refractivity contribution in [3.05, 3.63) is 23.0 Å². The van der Waals surface area contributed by atoms with Crippen LogP contribution in [0, 0.1) is 6.92 Å². The van der Waals surface area contributed by atoms with Crippen molar-refractivity contribution in [2.45, 2.75) is 44.9 Å². The number of nitrogens with two attached hydrogens (primary N) is 1. The molecule has 0 aromatic carbocycles. The molecule has 1 aliphatic rings. The first-order valence-electron chi connectivity index (χ1n) is 5.68. The van der Waals surface area contributed by atoms with E-state index in [1.54, 1.807) is 0 Å². The summed E-state index contributed by atoms with van der Waals surface area (Å²) < 4.78 is 0. The minimum Gasteiger partial charge on any atom is -0.366 e. The van der Waals surface area contributed by atoms with Gasteiger partial charge < -0.3 is 10.7 Å². The fraction of sp³-hybridized carbons (Fsp3) is 0.583. The highest BCUT2D eigenvalue weighted by molar-refractivity contribution is 5.94. The van der Waals surface area contributed by atoms with Gasteiger partial charge in [-0.05, 0) is 31.7 Å². The number of aryl methyl sites for hydroxylation is 1. The van der Waals surface area contributed by atoms with E-state index in [2.05, 4.69) is 4.98 Å². The fourth-order valence-electron chi connectivity index (χ4n) is 2.47. The Labute approximate surface area is 90.1 Å². The van der Waals surface area contributed by atoms with E-state index in [1.165, 1.54) is 37.8 Å². The van der Waals surface area contributed by atoms with Crippen LogP contribution in [0.2, 0.25) is 0 Å². The summed E-state index contributed by atoms with van der Waals surface area (Å²) in [5, 5.41) is 0. The van der Waals surface area contributed by atoms with Gasteiger partial charge in [0.2, 0.25) is 0 Å². The van der Waals surface area contributed by atoms with Crippen molar-refractivity contribution in [3.8, 4) is 0 Å². The maximum absolute atomic E-state index is 11.1. The Morgan fingerprint density at radius 1 is 1.40 bits per heavy atom. The Hall–Kier alpha value is -1.25. The maximum Gasteiger partial charge on any atom is 0.250 e. The van der Waals surface area contributed by atoms with Crippen molar-refractivity contribution < 1.29 is 4.79 Å². The van der Waals surface area contributed by atoms with Crippen molar-refractivity contribution in [3.63, 3.8) is 0 Å². The van der Waals surface area contributed by atoms with Crippen molar-refractivity contribution >= 4 is 5.91 Å². The van der Waals surface area contributed by atoms with Crippen molar-refractivity contribution in [1.29, 1.82) is 0 Å². The molecule has 1 amide bonds. The van der Waals surface area contributed by atoms with Gasteiger partial charge in [0.25, 0.3) is 5.91 Å². The number of hydrogen-bond donors (Lipinski definition) is 2. The SMILES string of the molecule is Cc1[nH]c(C2CCCCC2)cc1C(N)=O. The van der Waals surface area contributed by atoms with E-state index in [0.717, 1.165) is 5.69 Å². The standard InChI is InChI=1S/C12H18N2O/c1-8-10(12(13)15)7-11(14-8)9-5-3-2-4-6-9/h7,9,14H,2-6H2,1H3,(H2,13,15). The van der Waals surface area contributed by atoms with Crippen LogP contribution in [0.4, 0.5) is 0 Å². The van der Waals surface area contributed by atoms with Crippen LogP contribution >= 0.6 is 0 Å².